The maximum Gasteiger partial charge on any atom is 0.317 e. The third-order valence-corrected chi connectivity index (χ3v) is 4.85. The highest BCUT2D eigenvalue weighted by atomic mass is 16.5. The summed E-state index contributed by atoms with van der Waals surface area (Å²) in [7, 11) is 0. The number of piperazine rings is 1. The summed E-state index contributed by atoms with van der Waals surface area (Å²) in [5, 5.41) is 3.03. The Morgan fingerprint density at radius 1 is 1.07 bits per heavy atom. The number of carbonyl (C=O) groups is 1. The van der Waals surface area contributed by atoms with Crippen molar-refractivity contribution in [3.8, 4) is 5.75 Å². The molecule has 2 aromatic carbocycles. The molecule has 3 rings (SSSR count). The highest BCUT2D eigenvalue weighted by Crippen LogP contribution is 2.17. The summed E-state index contributed by atoms with van der Waals surface area (Å²) in [5.74, 6) is 0.836. The fourth-order valence-corrected chi connectivity index (χ4v) is 3.41. The zero-order valence-corrected chi connectivity index (χ0v) is 16.3. The van der Waals surface area contributed by atoms with Gasteiger partial charge in [0.1, 0.15) is 5.75 Å². The van der Waals surface area contributed by atoms with Gasteiger partial charge in [-0.25, -0.2) is 4.79 Å². The molecule has 1 aliphatic rings. The first-order valence-electron chi connectivity index (χ1n) is 9.67. The fraction of sp³-hybridized carbons (Fsp3) is 0.409. The van der Waals surface area contributed by atoms with E-state index in [1.807, 2.05) is 36.1 Å². The van der Waals surface area contributed by atoms with Gasteiger partial charge in [-0.1, -0.05) is 48.0 Å². The largest absolute Gasteiger partial charge is 0.494 e. The molecule has 5 nitrogen and oxygen atoms in total. The lowest BCUT2D eigenvalue weighted by molar-refractivity contribution is 0.135. The van der Waals surface area contributed by atoms with Crippen LogP contribution in [-0.4, -0.2) is 48.6 Å². The monoisotopic (exact) mass is 367 g/mol. The summed E-state index contributed by atoms with van der Waals surface area (Å²) < 4.78 is 5.62. The highest BCUT2D eigenvalue weighted by Gasteiger charge is 2.21. The molecule has 0 aliphatic carbocycles. The highest BCUT2D eigenvalue weighted by molar-refractivity contribution is 5.74. The van der Waals surface area contributed by atoms with E-state index in [9.17, 15) is 4.79 Å². The normalized spacial score (nSPS) is 14.8. The van der Waals surface area contributed by atoms with Crippen LogP contribution in [0, 0.1) is 6.92 Å². The van der Waals surface area contributed by atoms with Crippen LogP contribution in [0.3, 0.4) is 0 Å². The molecule has 2 aromatic rings. The average molecular weight is 367 g/mol. The van der Waals surface area contributed by atoms with Crippen molar-refractivity contribution in [2.24, 2.45) is 0 Å². The number of rotatable bonds is 6. The molecule has 144 valence electrons. The number of hydrogen-bond donors (Lipinski definition) is 1. The average Bonchev–Trinajstić information content (AvgIpc) is 2.68. The number of urea groups is 1. The molecule has 27 heavy (non-hydrogen) atoms. The van der Waals surface area contributed by atoms with Crippen LogP contribution >= 0.6 is 0 Å². The number of ether oxygens (including phenoxy) is 1. The van der Waals surface area contributed by atoms with E-state index in [4.69, 9.17) is 4.74 Å². The van der Waals surface area contributed by atoms with Crippen LogP contribution in [0.25, 0.3) is 0 Å². The van der Waals surface area contributed by atoms with Crippen LogP contribution in [-0.2, 0) is 13.1 Å². The first kappa shape index (κ1) is 19.2. The smallest absolute Gasteiger partial charge is 0.317 e. The molecule has 0 radical (unpaired) electrons. The summed E-state index contributed by atoms with van der Waals surface area (Å²) in [6.07, 6.45) is 0. The molecule has 2 amide bonds. The second kappa shape index (κ2) is 9.42. The zero-order valence-electron chi connectivity index (χ0n) is 16.3. The molecule has 1 fully saturated rings. The van der Waals surface area contributed by atoms with E-state index in [-0.39, 0.29) is 6.03 Å². The van der Waals surface area contributed by atoms with Gasteiger partial charge in [0.2, 0.25) is 0 Å². The van der Waals surface area contributed by atoms with Crippen LogP contribution < -0.4 is 10.1 Å². The molecule has 0 spiro atoms. The van der Waals surface area contributed by atoms with Crippen molar-refractivity contribution in [1.29, 1.82) is 0 Å². The van der Waals surface area contributed by atoms with Crippen molar-refractivity contribution in [2.75, 3.05) is 32.8 Å². The Morgan fingerprint density at radius 2 is 1.85 bits per heavy atom. The predicted octanol–water partition coefficient (Wildman–Crippen LogP) is 3.42. The Morgan fingerprint density at radius 3 is 2.59 bits per heavy atom. The van der Waals surface area contributed by atoms with Gasteiger partial charge in [0, 0.05) is 44.8 Å². The lowest BCUT2D eigenvalue weighted by Crippen LogP contribution is -2.51. The lowest BCUT2D eigenvalue weighted by atomic mass is 10.1. The maximum absolute atomic E-state index is 12.5. The van der Waals surface area contributed by atoms with E-state index in [2.05, 4.69) is 41.4 Å². The topological polar surface area (TPSA) is 44.8 Å². The van der Waals surface area contributed by atoms with Gasteiger partial charge in [-0.05, 0) is 25.5 Å². The van der Waals surface area contributed by atoms with Crippen molar-refractivity contribution in [1.82, 2.24) is 15.1 Å². The van der Waals surface area contributed by atoms with Crippen LogP contribution in [0.5, 0.6) is 5.75 Å². The van der Waals surface area contributed by atoms with Crippen molar-refractivity contribution >= 4 is 6.03 Å². The Kier molecular flexibility index (Phi) is 6.71. The summed E-state index contributed by atoms with van der Waals surface area (Å²) in [4.78, 5) is 16.8. The molecule has 1 heterocycles. The number of carbonyl (C=O) groups excluding carboxylic acids is 1. The Hall–Kier alpha value is -2.53. The first-order valence-corrected chi connectivity index (χ1v) is 9.67. The van der Waals surface area contributed by atoms with E-state index in [1.54, 1.807) is 0 Å². The van der Waals surface area contributed by atoms with Gasteiger partial charge in [-0.15, -0.1) is 0 Å². The minimum Gasteiger partial charge on any atom is -0.494 e. The van der Waals surface area contributed by atoms with Crippen LogP contribution in [0.2, 0.25) is 0 Å². The van der Waals surface area contributed by atoms with E-state index >= 15 is 0 Å². The Balaban J connectivity index is 1.46. The summed E-state index contributed by atoms with van der Waals surface area (Å²) in [6.45, 7) is 9.44. The van der Waals surface area contributed by atoms with E-state index in [0.29, 0.717) is 13.2 Å². The van der Waals surface area contributed by atoms with Gasteiger partial charge in [-0.3, -0.25) is 4.90 Å². The molecule has 1 aliphatic heterocycles. The molecule has 0 atom stereocenters. The third kappa shape index (κ3) is 5.47. The zero-order chi connectivity index (χ0) is 19.1. The summed E-state index contributed by atoms with van der Waals surface area (Å²) in [5.41, 5.74) is 3.63. The van der Waals surface area contributed by atoms with Crippen molar-refractivity contribution in [2.45, 2.75) is 26.9 Å². The van der Waals surface area contributed by atoms with Crippen molar-refractivity contribution < 1.29 is 9.53 Å². The van der Waals surface area contributed by atoms with Crippen molar-refractivity contribution in [3.63, 3.8) is 0 Å². The van der Waals surface area contributed by atoms with E-state index in [1.165, 1.54) is 11.1 Å². The minimum atomic E-state index is -0.00323. The second-order valence-corrected chi connectivity index (χ2v) is 6.95. The van der Waals surface area contributed by atoms with Gasteiger partial charge >= 0.3 is 6.03 Å². The number of nitrogens with zero attached hydrogens (tertiary/aromatic N) is 2. The van der Waals surface area contributed by atoms with Crippen LogP contribution in [0.4, 0.5) is 4.79 Å². The Bertz CT molecular complexity index is 755. The fourth-order valence-electron chi connectivity index (χ4n) is 3.41. The molecule has 0 saturated carbocycles. The number of aryl methyl sites for hydroxylation is 1. The van der Waals surface area contributed by atoms with Crippen LogP contribution in [0.15, 0.2) is 48.5 Å². The predicted molar refractivity (Wildman–Crippen MR) is 108 cm³/mol. The first-order chi connectivity index (χ1) is 13.2. The molecule has 0 unspecified atom stereocenters. The SMILES string of the molecule is CCOc1ccccc1CNC(=O)N1CCN(Cc2cccc(C)c2)CC1. The molecule has 0 aromatic heterocycles. The Labute approximate surface area is 161 Å². The van der Waals surface area contributed by atoms with Gasteiger partial charge in [0.05, 0.1) is 6.61 Å². The third-order valence-electron chi connectivity index (χ3n) is 4.85. The second-order valence-electron chi connectivity index (χ2n) is 6.95. The minimum absolute atomic E-state index is 0.00323. The standard InChI is InChI=1S/C22H29N3O2/c1-3-27-21-10-5-4-9-20(21)16-23-22(26)25-13-11-24(12-14-25)17-19-8-6-7-18(2)15-19/h4-10,15H,3,11-14,16-17H2,1-2H3,(H,23,26). The van der Waals surface area contributed by atoms with Crippen molar-refractivity contribution in [3.05, 3.63) is 65.2 Å². The molecule has 5 heteroatoms. The molecule has 1 saturated heterocycles. The number of para-hydroxylation sites is 1. The summed E-state index contributed by atoms with van der Waals surface area (Å²) in [6, 6.07) is 16.5. The molecular formula is C22H29N3O2. The summed E-state index contributed by atoms with van der Waals surface area (Å²) >= 11 is 0. The number of hydrogen-bond acceptors (Lipinski definition) is 3. The number of amides is 2. The molecule has 1 N–H and O–H groups in total. The lowest BCUT2D eigenvalue weighted by Gasteiger charge is -2.34. The maximum atomic E-state index is 12.5. The van der Waals surface area contributed by atoms with E-state index < -0.39 is 0 Å². The number of benzene rings is 2. The number of nitrogens with one attached hydrogen (secondary N) is 1. The molecule has 0 bridgehead atoms. The van der Waals surface area contributed by atoms with Gasteiger partial charge < -0.3 is 15.0 Å². The van der Waals surface area contributed by atoms with Gasteiger partial charge in [0.15, 0.2) is 0 Å². The van der Waals surface area contributed by atoms with Crippen LogP contribution in [0.1, 0.15) is 23.6 Å². The van der Waals surface area contributed by atoms with Gasteiger partial charge in [-0.2, -0.15) is 0 Å². The van der Waals surface area contributed by atoms with Gasteiger partial charge in [0.25, 0.3) is 0 Å². The van der Waals surface area contributed by atoms with E-state index in [0.717, 1.165) is 44.0 Å². The molecular weight excluding hydrogens is 338 g/mol. The quantitative estimate of drug-likeness (QED) is 0.851.